The summed E-state index contributed by atoms with van der Waals surface area (Å²) in [4.78, 5) is 11.9. The Kier molecular flexibility index (Phi) is 6.61. The van der Waals surface area contributed by atoms with Crippen molar-refractivity contribution in [3.05, 3.63) is 34.9 Å². The van der Waals surface area contributed by atoms with E-state index in [9.17, 15) is 31.1 Å². The summed E-state index contributed by atoms with van der Waals surface area (Å²) >= 11 is 0. The lowest BCUT2D eigenvalue weighted by molar-refractivity contribution is -0.423. The molecular formula is C14H19F6N3O+2. The lowest BCUT2D eigenvalue weighted by atomic mass is 10.0. The van der Waals surface area contributed by atoms with E-state index in [4.69, 9.17) is 0 Å². The van der Waals surface area contributed by atoms with Crippen molar-refractivity contribution in [2.75, 3.05) is 13.1 Å². The number of nitrogens with one attached hydrogen (secondary N) is 1. The zero-order chi connectivity index (χ0) is 18.5. The Hall–Kier alpha value is -1.81. The van der Waals surface area contributed by atoms with Crippen molar-refractivity contribution in [1.29, 1.82) is 0 Å². The first-order valence-electron chi connectivity index (χ1n) is 7.15. The summed E-state index contributed by atoms with van der Waals surface area (Å²) in [6, 6.07) is 0.579. The smallest absolute Gasteiger partial charge is 0.358 e. The molecule has 1 rings (SSSR count). The molecule has 4 nitrogen and oxygen atoms in total. The van der Waals surface area contributed by atoms with Crippen molar-refractivity contribution >= 4 is 5.91 Å². The molecule has 1 amide bonds. The van der Waals surface area contributed by atoms with Gasteiger partial charge in [-0.25, -0.2) is 0 Å². The van der Waals surface area contributed by atoms with Gasteiger partial charge in [-0.05, 0) is 18.2 Å². The first-order valence-corrected chi connectivity index (χ1v) is 7.15. The third-order valence-electron chi connectivity index (χ3n) is 3.26. The summed E-state index contributed by atoms with van der Waals surface area (Å²) < 4.78 is 76.4. The zero-order valence-electron chi connectivity index (χ0n) is 12.7. The van der Waals surface area contributed by atoms with Crippen LogP contribution in [0.3, 0.4) is 0 Å². The Morgan fingerprint density at radius 2 is 1.54 bits per heavy atom. The number of hydrogen-bond donors (Lipinski definition) is 3. The van der Waals surface area contributed by atoms with Gasteiger partial charge in [0.1, 0.15) is 6.04 Å². The molecule has 10 heteroatoms. The molecule has 136 valence electrons. The topological polar surface area (TPSA) is 84.4 Å². The number of hydrogen-bond acceptors (Lipinski definition) is 1. The maximum absolute atomic E-state index is 12.7. The highest BCUT2D eigenvalue weighted by Crippen LogP contribution is 2.36. The summed E-state index contributed by atoms with van der Waals surface area (Å²) in [6.45, 7) is 0.721. The molecule has 7 N–H and O–H groups in total. The van der Waals surface area contributed by atoms with E-state index < -0.39 is 35.0 Å². The van der Waals surface area contributed by atoms with Crippen molar-refractivity contribution in [2.24, 2.45) is 0 Å². The van der Waals surface area contributed by atoms with Crippen LogP contribution in [0.15, 0.2) is 18.2 Å². The summed E-state index contributed by atoms with van der Waals surface area (Å²) in [5.41, 5.74) is 3.65. The first kappa shape index (κ1) is 20.2. The standard InChI is InChI=1S/C14H17F6N3O/c15-13(16,17)9-4-8(5-10(6-9)14(18,19)20)12(24)23-7-11(22)2-1-3-21/h4-6,11H,1-3,7,21-22H2,(H,23,24)/p+2/t11-/m0/s1. The largest absolute Gasteiger partial charge is 0.416 e. The minimum Gasteiger partial charge on any atom is -0.358 e. The second-order valence-corrected chi connectivity index (χ2v) is 5.37. The lowest BCUT2D eigenvalue weighted by Crippen LogP contribution is -2.65. The monoisotopic (exact) mass is 359 g/mol. The quantitative estimate of drug-likeness (QED) is 0.653. The van der Waals surface area contributed by atoms with Gasteiger partial charge in [-0.2, -0.15) is 26.3 Å². The van der Waals surface area contributed by atoms with E-state index in [1.54, 1.807) is 0 Å². The van der Waals surface area contributed by atoms with Crippen LogP contribution in [0.2, 0.25) is 0 Å². The van der Waals surface area contributed by atoms with E-state index in [0.29, 0.717) is 25.1 Å². The Morgan fingerprint density at radius 3 is 1.96 bits per heavy atom. The van der Waals surface area contributed by atoms with Crippen LogP contribution in [0.25, 0.3) is 0 Å². The van der Waals surface area contributed by atoms with Crippen molar-refractivity contribution in [2.45, 2.75) is 31.2 Å². The molecule has 1 atom stereocenters. The van der Waals surface area contributed by atoms with Crippen molar-refractivity contribution in [3.63, 3.8) is 0 Å². The zero-order valence-corrected chi connectivity index (χ0v) is 12.7. The highest BCUT2D eigenvalue weighted by atomic mass is 19.4. The summed E-state index contributed by atoms with van der Waals surface area (Å²) in [6.07, 6.45) is -8.58. The highest BCUT2D eigenvalue weighted by molar-refractivity contribution is 5.94. The van der Waals surface area contributed by atoms with Gasteiger partial charge < -0.3 is 16.8 Å². The average Bonchev–Trinajstić information content (AvgIpc) is 2.48. The van der Waals surface area contributed by atoms with E-state index in [0.717, 1.165) is 6.42 Å². The van der Waals surface area contributed by atoms with Crippen LogP contribution >= 0.6 is 0 Å². The second-order valence-electron chi connectivity index (χ2n) is 5.37. The van der Waals surface area contributed by atoms with Gasteiger partial charge in [0.2, 0.25) is 0 Å². The Labute approximate surface area is 134 Å². The molecular weight excluding hydrogens is 340 g/mol. The van der Waals surface area contributed by atoms with Crippen LogP contribution in [0.4, 0.5) is 26.3 Å². The summed E-state index contributed by atoms with van der Waals surface area (Å²) in [5, 5.41) is 2.31. The van der Waals surface area contributed by atoms with Crippen LogP contribution in [0.5, 0.6) is 0 Å². The van der Waals surface area contributed by atoms with Crippen molar-refractivity contribution in [1.82, 2.24) is 5.32 Å². The molecule has 0 unspecified atom stereocenters. The van der Waals surface area contributed by atoms with Gasteiger partial charge in [-0.3, -0.25) is 4.79 Å². The molecule has 0 aliphatic rings. The van der Waals surface area contributed by atoms with Crippen LogP contribution < -0.4 is 16.8 Å². The number of halogens is 6. The molecule has 0 saturated carbocycles. The SMILES string of the molecule is [NH3+]CCC[C@H]([NH3+])CNC(=O)c1cc(C(F)(F)F)cc(C(F)(F)F)c1. The molecule has 0 heterocycles. The predicted octanol–water partition coefficient (Wildman–Crippen LogP) is 1.09. The maximum Gasteiger partial charge on any atom is 0.416 e. The van der Waals surface area contributed by atoms with Gasteiger partial charge in [-0.1, -0.05) is 0 Å². The minimum absolute atomic E-state index is 0.0186. The van der Waals surface area contributed by atoms with E-state index in [1.807, 2.05) is 0 Å². The normalized spacial score (nSPS) is 13.7. The summed E-state index contributed by atoms with van der Waals surface area (Å²) in [7, 11) is 0. The molecule has 0 bridgehead atoms. The van der Waals surface area contributed by atoms with Gasteiger partial charge in [0, 0.05) is 18.4 Å². The molecule has 24 heavy (non-hydrogen) atoms. The molecule has 0 aliphatic heterocycles. The second kappa shape index (κ2) is 7.84. The third kappa shape index (κ3) is 6.00. The summed E-state index contributed by atoms with van der Waals surface area (Å²) in [5.74, 6) is -1.00. The molecule has 0 aliphatic carbocycles. The van der Waals surface area contributed by atoms with Gasteiger partial charge in [0.25, 0.3) is 5.91 Å². The fraction of sp³-hybridized carbons (Fsp3) is 0.500. The number of carbonyl (C=O) groups is 1. The van der Waals surface area contributed by atoms with E-state index in [-0.39, 0.29) is 18.7 Å². The lowest BCUT2D eigenvalue weighted by Gasteiger charge is -2.14. The molecule has 0 saturated heterocycles. The molecule has 1 aromatic rings. The van der Waals surface area contributed by atoms with Crippen molar-refractivity contribution < 1.29 is 42.6 Å². The fourth-order valence-electron chi connectivity index (χ4n) is 1.96. The molecule has 0 aromatic heterocycles. The van der Waals surface area contributed by atoms with Gasteiger partial charge >= 0.3 is 12.4 Å². The van der Waals surface area contributed by atoms with Crippen LogP contribution in [0.1, 0.15) is 34.3 Å². The third-order valence-corrected chi connectivity index (χ3v) is 3.26. The molecule has 0 fully saturated rings. The number of benzene rings is 1. The van der Waals surface area contributed by atoms with E-state index in [1.165, 1.54) is 0 Å². The Morgan fingerprint density at radius 1 is 1.04 bits per heavy atom. The number of amides is 1. The number of quaternary nitrogens is 2. The first-order chi connectivity index (χ1) is 10.9. The molecule has 0 radical (unpaired) electrons. The van der Waals surface area contributed by atoms with Crippen molar-refractivity contribution in [3.8, 4) is 0 Å². The Balaban J connectivity index is 2.99. The predicted molar refractivity (Wildman–Crippen MR) is 72.4 cm³/mol. The number of alkyl halides is 6. The van der Waals surface area contributed by atoms with Gasteiger partial charge in [-0.15, -0.1) is 0 Å². The number of carbonyl (C=O) groups excluding carboxylic acids is 1. The Bertz CT molecular complexity index is 538. The maximum atomic E-state index is 12.7. The average molecular weight is 359 g/mol. The molecule has 1 aromatic carbocycles. The number of rotatable bonds is 6. The highest BCUT2D eigenvalue weighted by Gasteiger charge is 2.37. The fourth-order valence-corrected chi connectivity index (χ4v) is 1.96. The van der Waals surface area contributed by atoms with Crippen LogP contribution in [0, 0.1) is 0 Å². The minimum atomic E-state index is -4.99. The van der Waals surface area contributed by atoms with Gasteiger partial charge in [0.05, 0.1) is 24.2 Å². The van der Waals surface area contributed by atoms with Gasteiger partial charge in [0.15, 0.2) is 0 Å². The molecule has 0 spiro atoms. The van der Waals surface area contributed by atoms with E-state index in [2.05, 4.69) is 16.8 Å². The van der Waals surface area contributed by atoms with E-state index >= 15 is 0 Å². The van der Waals surface area contributed by atoms with Crippen LogP contribution in [-0.2, 0) is 12.4 Å². The van der Waals surface area contributed by atoms with Crippen LogP contribution in [-0.4, -0.2) is 25.0 Å².